The lowest BCUT2D eigenvalue weighted by Gasteiger charge is -2.40. The second kappa shape index (κ2) is 11.9. The van der Waals surface area contributed by atoms with E-state index >= 15 is 0 Å². The number of aliphatic hydroxyl groups excluding tert-OH is 1. The van der Waals surface area contributed by atoms with Crippen LogP contribution in [0.3, 0.4) is 0 Å². The van der Waals surface area contributed by atoms with E-state index in [2.05, 4.69) is 4.90 Å². The van der Waals surface area contributed by atoms with Crippen LogP contribution in [-0.4, -0.2) is 54.9 Å². The number of carbonyl (C=O) groups is 1. The SMILES string of the molecule is CCOC(=O)C1(c2ccc(Cl)cc2)CCN(CC(O)COc2cccc3ccccc23)CC1.Cl. The fraction of sp³-hybridized carbons (Fsp3) is 0.370. The van der Waals surface area contributed by atoms with E-state index in [0.717, 1.165) is 22.1 Å². The molecule has 1 heterocycles. The summed E-state index contributed by atoms with van der Waals surface area (Å²) in [5, 5.41) is 13.4. The van der Waals surface area contributed by atoms with E-state index in [-0.39, 0.29) is 25.0 Å². The molecule has 3 aromatic rings. The molecule has 0 saturated carbocycles. The van der Waals surface area contributed by atoms with Crippen LogP contribution in [-0.2, 0) is 14.9 Å². The van der Waals surface area contributed by atoms with Crippen LogP contribution < -0.4 is 4.74 Å². The first kappa shape index (κ1) is 26.3. The molecule has 4 rings (SSSR count). The molecule has 0 spiro atoms. The molecule has 3 aromatic carbocycles. The molecular weight excluding hydrogens is 473 g/mol. The van der Waals surface area contributed by atoms with Gasteiger partial charge in [0.05, 0.1) is 12.0 Å². The average molecular weight is 504 g/mol. The molecule has 5 nitrogen and oxygen atoms in total. The second-order valence-corrected chi connectivity index (χ2v) is 8.99. The summed E-state index contributed by atoms with van der Waals surface area (Å²) in [6.45, 7) is 4.26. The lowest BCUT2D eigenvalue weighted by molar-refractivity contribution is -0.152. The Morgan fingerprint density at radius 3 is 2.44 bits per heavy atom. The zero-order valence-corrected chi connectivity index (χ0v) is 20.9. The average Bonchev–Trinajstić information content (AvgIpc) is 2.84. The number of benzene rings is 3. The van der Waals surface area contributed by atoms with Gasteiger partial charge in [0.2, 0.25) is 0 Å². The minimum Gasteiger partial charge on any atom is -0.490 e. The molecular formula is C27H31Cl2NO4. The molecule has 1 N–H and O–H groups in total. The van der Waals surface area contributed by atoms with Crippen molar-refractivity contribution in [3.63, 3.8) is 0 Å². The number of hydrogen-bond donors (Lipinski definition) is 1. The maximum atomic E-state index is 13.0. The third-order valence-electron chi connectivity index (χ3n) is 6.42. The van der Waals surface area contributed by atoms with Gasteiger partial charge < -0.3 is 19.5 Å². The van der Waals surface area contributed by atoms with Crippen LogP contribution in [0.25, 0.3) is 10.8 Å². The highest BCUT2D eigenvalue weighted by molar-refractivity contribution is 6.30. The first-order chi connectivity index (χ1) is 16.0. The number of nitrogens with zero attached hydrogens (tertiary/aromatic N) is 1. The van der Waals surface area contributed by atoms with Crippen LogP contribution >= 0.6 is 24.0 Å². The van der Waals surface area contributed by atoms with Crippen molar-refractivity contribution in [1.82, 2.24) is 4.90 Å². The molecule has 34 heavy (non-hydrogen) atoms. The van der Waals surface area contributed by atoms with Gasteiger partial charge >= 0.3 is 5.97 Å². The molecule has 1 atom stereocenters. The van der Waals surface area contributed by atoms with E-state index in [9.17, 15) is 9.90 Å². The van der Waals surface area contributed by atoms with Crippen molar-refractivity contribution in [2.45, 2.75) is 31.3 Å². The molecule has 1 aliphatic heterocycles. The Balaban J connectivity index is 0.00000324. The van der Waals surface area contributed by atoms with Crippen molar-refractivity contribution in [1.29, 1.82) is 0 Å². The topological polar surface area (TPSA) is 59.0 Å². The smallest absolute Gasteiger partial charge is 0.316 e. The van der Waals surface area contributed by atoms with Gasteiger partial charge in [-0.05, 0) is 62.0 Å². The number of fused-ring (bicyclic) bond motifs is 1. The molecule has 0 bridgehead atoms. The van der Waals surface area contributed by atoms with Crippen LogP contribution in [0.15, 0.2) is 66.7 Å². The number of halogens is 2. The van der Waals surface area contributed by atoms with Gasteiger partial charge in [-0.15, -0.1) is 12.4 Å². The van der Waals surface area contributed by atoms with Crippen molar-refractivity contribution >= 4 is 40.7 Å². The number of rotatable bonds is 8. The molecule has 182 valence electrons. The normalized spacial score (nSPS) is 16.4. The van der Waals surface area contributed by atoms with Crippen molar-refractivity contribution in [3.05, 3.63) is 77.3 Å². The van der Waals surface area contributed by atoms with E-state index in [1.807, 2.05) is 73.7 Å². The molecule has 0 radical (unpaired) electrons. The summed E-state index contributed by atoms with van der Waals surface area (Å²) in [6, 6.07) is 21.4. The zero-order valence-electron chi connectivity index (χ0n) is 19.3. The van der Waals surface area contributed by atoms with Crippen LogP contribution in [0.4, 0.5) is 0 Å². The molecule has 0 aliphatic carbocycles. The van der Waals surface area contributed by atoms with Crippen molar-refractivity contribution in [2.75, 3.05) is 32.8 Å². The van der Waals surface area contributed by atoms with Gasteiger partial charge in [0, 0.05) is 17.0 Å². The van der Waals surface area contributed by atoms with Crippen LogP contribution in [0, 0.1) is 0 Å². The Labute approximate surface area is 212 Å². The zero-order chi connectivity index (χ0) is 23.3. The molecule has 7 heteroatoms. The molecule has 1 fully saturated rings. The van der Waals surface area contributed by atoms with E-state index < -0.39 is 11.5 Å². The summed E-state index contributed by atoms with van der Waals surface area (Å²) in [6.07, 6.45) is 0.629. The molecule has 0 amide bonds. The minimum atomic E-state index is -0.679. The van der Waals surface area contributed by atoms with Crippen molar-refractivity contribution < 1.29 is 19.4 Å². The fourth-order valence-electron chi connectivity index (χ4n) is 4.62. The van der Waals surface area contributed by atoms with Gasteiger partial charge in [-0.3, -0.25) is 4.79 Å². The Hall–Kier alpha value is -2.31. The number of esters is 1. The summed E-state index contributed by atoms with van der Waals surface area (Å²) >= 11 is 6.06. The van der Waals surface area contributed by atoms with Gasteiger partial charge in [0.1, 0.15) is 18.5 Å². The summed E-state index contributed by atoms with van der Waals surface area (Å²) in [7, 11) is 0. The first-order valence-corrected chi connectivity index (χ1v) is 11.8. The summed E-state index contributed by atoms with van der Waals surface area (Å²) < 4.78 is 11.4. The van der Waals surface area contributed by atoms with Gasteiger partial charge in [-0.25, -0.2) is 0 Å². The number of β-amino-alcohol motifs (C(OH)–C–C–N with tert-alkyl or cyclic N) is 1. The summed E-state index contributed by atoms with van der Waals surface area (Å²) in [5.41, 5.74) is 0.256. The van der Waals surface area contributed by atoms with E-state index in [0.29, 0.717) is 44.1 Å². The molecule has 1 saturated heterocycles. The predicted octanol–water partition coefficient (Wildman–Crippen LogP) is 5.25. The van der Waals surface area contributed by atoms with Crippen LogP contribution in [0.5, 0.6) is 5.75 Å². The standard InChI is InChI=1S/C27H30ClNO4.ClH/c1-2-32-26(31)27(21-10-12-22(28)13-11-21)14-16-29(17-15-27)18-23(30)19-33-25-9-5-7-20-6-3-4-8-24(20)25;/h3-13,23,30H,2,14-19H2,1H3;1H. The first-order valence-electron chi connectivity index (χ1n) is 11.5. The minimum absolute atomic E-state index is 0. The molecule has 1 unspecified atom stereocenters. The van der Waals surface area contributed by atoms with Crippen molar-refractivity contribution in [2.24, 2.45) is 0 Å². The third-order valence-corrected chi connectivity index (χ3v) is 6.67. The van der Waals surface area contributed by atoms with E-state index in [1.54, 1.807) is 0 Å². The number of hydrogen-bond acceptors (Lipinski definition) is 5. The monoisotopic (exact) mass is 503 g/mol. The Bertz CT molecular complexity index is 1080. The second-order valence-electron chi connectivity index (χ2n) is 8.55. The predicted molar refractivity (Wildman–Crippen MR) is 138 cm³/mol. The lowest BCUT2D eigenvalue weighted by Crippen LogP contribution is -2.50. The molecule has 1 aliphatic rings. The van der Waals surface area contributed by atoms with Gasteiger partial charge in [-0.2, -0.15) is 0 Å². The number of piperidine rings is 1. The third kappa shape index (κ3) is 5.84. The summed E-state index contributed by atoms with van der Waals surface area (Å²) in [5.74, 6) is 0.585. The number of aliphatic hydroxyl groups is 1. The van der Waals surface area contributed by atoms with Crippen LogP contribution in [0.2, 0.25) is 5.02 Å². The van der Waals surface area contributed by atoms with Crippen LogP contribution in [0.1, 0.15) is 25.3 Å². The Morgan fingerprint density at radius 2 is 1.74 bits per heavy atom. The maximum Gasteiger partial charge on any atom is 0.316 e. The highest BCUT2D eigenvalue weighted by atomic mass is 35.5. The van der Waals surface area contributed by atoms with Crippen molar-refractivity contribution in [3.8, 4) is 5.75 Å². The molecule has 0 aromatic heterocycles. The number of carbonyl (C=O) groups excluding carboxylic acids is 1. The maximum absolute atomic E-state index is 13.0. The fourth-order valence-corrected chi connectivity index (χ4v) is 4.75. The quantitative estimate of drug-likeness (QED) is 0.425. The Morgan fingerprint density at radius 1 is 1.06 bits per heavy atom. The van der Waals surface area contributed by atoms with Gasteiger partial charge in [0.25, 0.3) is 0 Å². The number of ether oxygens (including phenoxy) is 2. The highest BCUT2D eigenvalue weighted by Gasteiger charge is 2.44. The largest absolute Gasteiger partial charge is 0.490 e. The van der Waals surface area contributed by atoms with Gasteiger partial charge in [-0.1, -0.05) is 60.1 Å². The summed E-state index contributed by atoms with van der Waals surface area (Å²) in [4.78, 5) is 15.1. The highest BCUT2D eigenvalue weighted by Crippen LogP contribution is 2.37. The van der Waals surface area contributed by atoms with E-state index in [4.69, 9.17) is 21.1 Å². The lowest BCUT2D eigenvalue weighted by atomic mass is 9.72. The Kier molecular flexibility index (Phi) is 9.20. The van der Waals surface area contributed by atoms with Gasteiger partial charge in [0.15, 0.2) is 0 Å². The van der Waals surface area contributed by atoms with E-state index in [1.165, 1.54) is 0 Å². The number of likely N-dealkylation sites (tertiary alicyclic amines) is 1.